The minimum atomic E-state index is -0.947. The Bertz CT molecular complexity index is 589. The monoisotopic (exact) mass is 240 g/mol. The third kappa shape index (κ3) is 2.79. The molecular weight excluding hydrogens is 228 g/mol. The van der Waals surface area contributed by atoms with Gasteiger partial charge in [0.2, 0.25) is 0 Å². The zero-order chi connectivity index (χ0) is 13.0. The van der Waals surface area contributed by atoms with Crippen LogP contribution in [0.1, 0.15) is 15.9 Å². The fourth-order valence-electron chi connectivity index (χ4n) is 1.46. The van der Waals surface area contributed by atoms with E-state index in [-0.39, 0.29) is 5.56 Å². The van der Waals surface area contributed by atoms with Gasteiger partial charge in [-0.2, -0.15) is 10.2 Å². The van der Waals surface area contributed by atoms with E-state index in [1.807, 2.05) is 31.2 Å². The molecule has 1 N–H and O–H groups in total. The van der Waals surface area contributed by atoms with Gasteiger partial charge in [0.25, 0.3) is 0 Å². The maximum absolute atomic E-state index is 10.7. The quantitative estimate of drug-likeness (QED) is 0.820. The third-order valence-corrected chi connectivity index (χ3v) is 2.50. The Morgan fingerprint density at radius 3 is 2.28 bits per heavy atom. The van der Waals surface area contributed by atoms with Crippen molar-refractivity contribution in [2.24, 2.45) is 10.2 Å². The number of aromatic carboxylic acids is 1. The number of benzene rings is 2. The maximum Gasteiger partial charge on any atom is 0.335 e. The van der Waals surface area contributed by atoms with Crippen LogP contribution in [0.25, 0.3) is 0 Å². The van der Waals surface area contributed by atoms with Gasteiger partial charge in [0.15, 0.2) is 0 Å². The summed E-state index contributed by atoms with van der Waals surface area (Å²) in [5, 5.41) is 17.0. The molecule has 0 bridgehead atoms. The fraction of sp³-hybridized carbons (Fsp3) is 0.0714. The first-order chi connectivity index (χ1) is 8.66. The van der Waals surface area contributed by atoms with E-state index in [9.17, 15) is 4.79 Å². The van der Waals surface area contributed by atoms with E-state index in [1.165, 1.54) is 12.1 Å². The van der Waals surface area contributed by atoms with E-state index in [0.29, 0.717) is 5.69 Å². The molecule has 2 aromatic rings. The second kappa shape index (κ2) is 5.23. The second-order valence-corrected chi connectivity index (χ2v) is 3.84. The van der Waals surface area contributed by atoms with Crippen molar-refractivity contribution < 1.29 is 9.90 Å². The number of carbonyl (C=O) groups is 1. The molecule has 0 aromatic heterocycles. The Morgan fingerprint density at radius 2 is 1.67 bits per heavy atom. The minimum Gasteiger partial charge on any atom is -0.478 e. The highest BCUT2D eigenvalue weighted by atomic mass is 16.4. The molecule has 0 atom stereocenters. The third-order valence-electron chi connectivity index (χ3n) is 2.50. The average Bonchev–Trinajstić information content (AvgIpc) is 2.38. The molecule has 0 fully saturated rings. The number of carboxylic acid groups (broad SMARTS) is 1. The topological polar surface area (TPSA) is 62.0 Å². The molecule has 0 heterocycles. The molecule has 0 radical (unpaired) electrons. The molecule has 0 unspecified atom stereocenters. The van der Waals surface area contributed by atoms with Gasteiger partial charge in [0, 0.05) is 0 Å². The number of nitrogens with zero attached hydrogens (tertiary/aromatic N) is 2. The second-order valence-electron chi connectivity index (χ2n) is 3.84. The summed E-state index contributed by atoms with van der Waals surface area (Å²) in [5.74, 6) is -0.947. The first-order valence-electron chi connectivity index (χ1n) is 5.47. The summed E-state index contributed by atoms with van der Waals surface area (Å²) < 4.78 is 0. The van der Waals surface area contributed by atoms with E-state index in [2.05, 4.69) is 10.2 Å². The lowest BCUT2D eigenvalue weighted by Gasteiger charge is -1.97. The Balaban J connectivity index is 2.19. The first kappa shape index (κ1) is 12.0. The first-order valence-corrected chi connectivity index (χ1v) is 5.47. The van der Waals surface area contributed by atoms with Crippen LogP contribution in [0.15, 0.2) is 58.8 Å². The smallest absolute Gasteiger partial charge is 0.335 e. The highest BCUT2D eigenvalue weighted by molar-refractivity contribution is 5.87. The van der Waals surface area contributed by atoms with Crippen LogP contribution in [0.5, 0.6) is 0 Å². The molecule has 0 spiro atoms. The standard InChI is InChI=1S/C14H12N2O2/c1-10-4-2-3-5-13(10)16-15-12-8-6-11(7-9-12)14(17)18/h2-9H,1H3,(H,17,18). The summed E-state index contributed by atoms with van der Waals surface area (Å²) in [4.78, 5) is 10.7. The van der Waals surface area contributed by atoms with Crippen LogP contribution in [0, 0.1) is 6.92 Å². The van der Waals surface area contributed by atoms with Crippen molar-refractivity contribution in [1.82, 2.24) is 0 Å². The maximum atomic E-state index is 10.7. The zero-order valence-corrected chi connectivity index (χ0v) is 9.87. The number of carboxylic acids is 1. The van der Waals surface area contributed by atoms with Crippen LogP contribution in [-0.4, -0.2) is 11.1 Å². The van der Waals surface area contributed by atoms with Crippen LogP contribution in [0.4, 0.5) is 11.4 Å². The predicted octanol–water partition coefficient (Wildman–Crippen LogP) is 4.11. The van der Waals surface area contributed by atoms with Crippen molar-refractivity contribution in [2.75, 3.05) is 0 Å². The normalized spacial score (nSPS) is 10.7. The molecule has 0 aliphatic rings. The summed E-state index contributed by atoms with van der Waals surface area (Å²) in [6.07, 6.45) is 0. The molecule has 4 heteroatoms. The summed E-state index contributed by atoms with van der Waals surface area (Å²) in [6.45, 7) is 1.96. The lowest BCUT2D eigenvalue weighted by molar-refractivity contribution is 0.0697. The van der Waals surface area contributed by atoms with E-state index in [0.717, 1.165) is 11.3 Å². The number of azo groups is 1. The fourth-order valence-corrected chi connectivity index (χ4v) is 1.46. The van der Waals surface area contributed by atoms with E-state index in [1.54, 1.807) is 12.1 Å². The summed E-state index contributed by atoms with van der Waals surface area (Å²) in [5.41, 5.74) is 2.72. The zero-order valence-electron chi connectivity index (χ0n) is 9.87. The van der Waals surface area contributed by atoms with Crippen molar-refractivity contribution in [3.63, 3.8) is 0 Å². The average molecular weight is 240 g/mol. The molecule has 90 valence electrons. The van der Waals surface area contributed by atoms with Gasteiger partial charge in [-0.3, -0.25) is 0 Å². The predicted molar refractivity (Wildman–Crippen MR) is 68.8 cm³/mol. The Hall–Kier alpha value is -2.49. The summed E-state index contributed by atoms with van der Waals surface area (Å²) in [6, 6.07) is 14.0. The van der Waals surface area contributed by atoms with Gasteiger partial charge in [-0.1, -0.05) is 18.2 Å². The van der Waals surface area contributed by atoms with Crippen LogP contribution >= 0.6 is 0 Å². The minimum absolute atomic E-state index is 0.241. The van der Waals surface area contributed by atoms with Gasteiger partial charge >= 0.3 is 5.97 Å². The Labute approximate surface area is 105 Å². The number of aryl methyl sites for hydroxylation is 1. The van der Waals surface area contributed by atoms with Crippen molar-refractivity contribution >= 4 is 17.3 Å². The van der Waals surface area contributed by atoms with Gasteiger partial charge in [-0.25, -0.2) is 4.79 Å². The van der Waals surface area contributed by atoms with Crippen molar-refractivity contribution in [3.8, 4) is 0 Å². The van der Waals surface area contributed by atoms with Crippen molar-refractivity contribution in [3.05, 3.63) is 59.7 Å². The van der Waals surface area contributed by atoms with Gasteiger partial charge < -0.3 is 5.11 Å². The molecule has 0 saturated carbocycles. The van der Waals surface area contributed by atoms with Crippen molar-refractivity contribution in [2.45, 2.75) is 6.92 Å². The van der Waals surface area contributed by atoms with Crippen molar-refractivity contribution in [1.29, 1.82) is 0 Å². The van der Waals surface area contributed by atoms with E-state index >= 15 is 0 Å². The lowest BCUT2D eigenvalue weighted by atomic mass is 10.2. The summed E-state index contributed by atoms with van der Waals surface area (Å²) in [7, 11) is 0. The highest BCUT2D eigenvalue weighted by Gasteiger charge is 2.01. The molecule has 2 aromatic carbocycles. The van der Waals surface area contributed by atoms with Gasteiger partial charge in [0.05, 0.1) is 16.9 Å². The molecule has 0 amide bonds. The molecule has 0 aliphatic carbocycles. The molecule has 2 rings (SSSR count). The lowest BCUT2D eigenvalue weighted by Crippen LogP contribution is -1.93. The molecule has 18 heavy (non-hydrogen) atoms. The molecule has 4 nitrogen and oxygen atoms in total. The van der Waals surface area contributed by atoms with Crippen LogP contribution in [0.2, 0.25) is 0 Å². The SMILES string of the molecule is Cc1ccccc1N=Nc1ccc(C(=O)O)cc1. The van der Waals surface area contributed by atoms with Crippen LogP contribution < -0.4 is 0 Å². The molecule has 0 aliphatic heterocycles. The molecule has 0 saturated heterocycles. The van der Waals surface area contributed by atoms with Gasteiger partial charge in [-0.05, 0) is 42.8 Å². The van der Waals surface area contributed by atoms with Crippen LogP contribution in [0.3, 0.4) is 0 Å². The van der Waals surface area contributed by atoms with Gasteiger partial charge in [0.1, 0.15) is 0 Å². The number of rotatable bonds is 3. The largest absolute Gasteiger partial charge is 0.478 e. The van der Waals surface area contributed by atoms with E-state index < -0.39 is 5.97 Å². The summed E-state index contributed by atoms with van der Waals surface area (Å²) >= 11 is 0. The van der Waals surface area contributed by atoms with Crippen LogP contribution in [-0.2, 0) is 0 Å². The number of hydrogen-bond donors (Lipinski definition) is 1. The number of hydrogen-bond acceptors (Lipinski definition) is 3. The molecular formula is C14H12N2O2. The van der Waals surface area contributed by atoms with E-state index in [4.69, 9.17) is 5.11 Å². The van der Waals surface area contributed by atoms with Gasteiger partial charge in [-0.15, -0.1) is 0 Å². The Morgan fingerprint density at radius 1 is 1.00 bits per heavy atom. The highest BCUT2D eigenvalue weighted by Crippen LogP contribution is 2.21. The Kier molecular flexibility index (Phi) is 3.48.